The minimum absolute atomic E-state index is 0.0742. The van der Waals surface area contributed by atoms with E-state index < -0.39 is 31.1 Å². The molecule has 32 heavy (non-hydrogen) atoms. The number of rotatable bonds is 9. The highest BCUT2D eigenvalue weighted by Gasteiger charge is 2.27. The van der Waals surface area contributed by atoms with Crippen molar-refractivity contribution in [2.75, 3.05) is 6.61 Å². The normalized spacial score (nSPS) is 12.2. The number of para-hydroxylation sites is 2. The summed E-state index contributed by atoms with van der Waals surface area (Å²) in [5.74, 6) is -0.917. The van der Waals surface area contributed by atoms with Gasteiger partial charge in [-0.2, -0.15) is 8.78 Å². The van der Waals surface area contributed by atoms with E-state index in [-0.39, 0.29) is 17.3 Å². The largest absolute Gasteiger partial charge is 0.494 e. The number of imidazole rings is 1. The zero-order valence-electron chi connectivity index (χ0n) is 18.0. The Hall–Kier alpha value is -3.49. The number of nitrogens with zero attached hydrogens (tertiary/aromatic N) is 2. The van der Waals surface area contributed by atoms with Gasteiger partial charge in [0.05, 0.1) is 17.6 Å². The first-order chi connectivity index (χ1) is 15.3. The SMILES string of the molecule is CCOc1ccc(C(=O)N[C@H](C(=O)OCc2nc3ccccc3n2C(F)F)C(C)C)cc1. The molecule has 1 amide bonds. The Balaban J connectivity index is 1.70. The van der Waals surface area contributed by atoms with E-state index in [0.717, 1.165) is 4.57 Å². The van der Waals surface area contributed by atoms with Gasteiger partial charge in [-0.1, -0.05) is 26.0 Å². The number of amides is 1. The van der Waals surface area contributed by atoms with Gasteiger partial charge in [-0.25, -0.2) is 9.78 Å². The van der Waals surface area contributed by atoms with Crippen LogP contribution < -0.4 is 10.1 Å². The highest BCUT2D eigenvalue weighted by molar-refractivity contribution is 5.97. The fraction of sp³-hybridized carbons (Fsp3) is 0.348. The summed E-state index contributed by atoms with van der Waals surface area (Å²) in [5, 5.41) is 2.65. The van der Waals surface area contributed by atoms with Crippen LogP contribution in [0.2, 0.25) is 0 Å². The Kier molecular flexibility index (Phi) is 7.40. The van der Waals surface area contributed by atoms with Crippen LogP contribution in [0.3, 0.4) is 0 Å². The van der Waals surface area contributed by atoms with Crippen LogP contribution in [-0.2, 0) is 16.1 Å². The lowest BCUT2D eigenvalue weighted by Gasteiger charge is -2.21. The second-order valence-corrected chi connectivity index (χ2v) is 7.42. The van der Waals surface area contributed by atoms with Gasteiger partial charge in [0.15, 0.2) is 5.82 Å². The number of aromatic nitrogens is 2. The first-order valence-corrected chi connectivity index (χ1v) is 10.3. The van der Waals surface area contributed by atoms with Crippen LogP contribution in [0.5, 0.6) is 5.75 Å². The number of alkyl halides is 2. The summed E-state index contributed by atoms with van der Waals surface area (Å²) in [5.41, 5.74) is 0.979. The Morgan fingerprint density at radius 3 is 2.41 bits per heavy atom. The Morgan fingerprint density at radius 1 is 1.09 bits per heavy atom. The van der Waals surface area contributed by atoms with Gasteiger partial charge < -0.3 is 14.8 Å². The number of halogens is 2. The van der Waals surface area contributed by atoms with Gasteiger partial charge in [0, 0.05) is 5.56 Å². The van der Waals surface area contributed by atoms with Crippen LogP contribution in [0.15, 0.2) is 48.5 Å². The molecule has 0 bridgehead atoms. The number of hydrogen-bond donors (Lipinski definition) is 1. The van der Waals surface area contributed by atoms with Gasteiger partial charge in [0.25, 0.3) is 5.91 Å². The monoisotopic (exact) mass is 445 g/mol. The van der Waals surface area contributed by atoms with E-state index in [1.807, 2.05) is 6.92 Å². The lowest BCUT2D eigenvalue weighted by atomic mass is 10.0. The summed E-state index contributed by atoms with van der Waals surface area (Å²) in [7, 11) is 0. The van der Waals surface area contributed by atoms with Crippen molar-refractivity contribution in [3.63, 3.8) is 0 Å². The van der Waals surface area contributed by atoms with E-state index in [4.69, 9.17) is 9.47 Å². The molecule has 170 valence electrons. The summed E-state index contributed by atoms with van der Waals surface area (Å²) in [4.78, 5) is 29.4. The van der Waals surface area contributed by atoms with E-state index in [1.54, 1.807) is 56.3 Å². The fourth-order valence-electron chi connectivity index (χ4n) is 3.23. The van der Waals surface area contributed by atoms with Gasteiger partial charge in [0.2, 0.25) is 0 Å². The molecule has 0 spiro atoms. The summed E-state index contributed by atoms with van der Waals surface area (Å²) < 4.78 is 38.5. The molecule has 0 unspecified atom stereocenters. The molecule has 0 aliphatic heterocycles. The van der Waals surface area contributed by atoms with Crippen molar-refractivity contribution in [1.82, 2.24) is 14.9 Å². The summed E-state index contributed by atoms with van der Waals surface area (Å²) >= 11 is 0. The fourth-order valence-corrected chi connectivity index (χ4v) is 3.23. The van der Waals surface area contributed by atoms with E-state index >= 15 is 0 Å². The van der Waals surface area contributed by atoms with E-state index in [9.17, 15) is 18.4 Å². The molecule has 0 aliphatic carbocycles. The standard InChI is InChI=1S/C23H25F2N3O4/c1-4-31-16-11-9-15(10-12-16)21(29)27-20(14(2)3)22(30)32-13-19-26-17-7-5-6-8-18(17)28(19)23(24)25/h5-12,14,20,23H,4,13H2,1-3H3,(H,27,29)/t20-/m0/s1. The van der Waals surface area contributed by atoms with Crippen molar-refractivity contribution in [2.45, 2.75) is 40.0 Å². The zero-order chi connectivity index (χ0) is 23.3. The molecule has 1 aromatic heterocycles. The van der Waals surface area contributed by atoms with Crippen LogP contribution in [0.25, 0.3) is 11.0 Å². The Bertz CT molecular complexity index is 1080. The molecule has 2 aromatic carbocycles. The molecule has 1 heterocycles. The number of carbonyl (C=O) groups excluding carboxylic acids is 2. The smallest absolute Gasteiger partial charge is 0.329 e. The van der Waals surface area contributed by atoms with Crippen molar-refractivity contribution >= 4 is 22.9 Å². The molecule has 0 aliphatic rings. The maximum absolute atomic E-state index is 13.6. The molecule has 7 nitrogen and oxygen atoms in total. The first-order valence-electron chi connectivity index (χ1n) is 10.3. The molecule has 0 saturated heterocycles. The molecular formula is C23H25F2N3O4. The quantitative estimate of drug-likeness (QED) is 0.496. The van der Waals surface area contributed by atoms with Gasteiger partial charge in [0.1, 0.15) is 18.4 Å². The number of ether oxygens (including phenoxy) is 2. The molecule has 0 fully saturated rings. The van der Waals surface area contributed by atoms with Gasteiger partial charge in [-0.05, 0) is 49.2 Å². The summed E-state index contributed by atoms with van der Waals surface area (Å²) in [6.07, 6.45) is 0. The minimum Gasteiger partial charge on any atom is -0.494 e. The molecule has 1 N–H and O–H groups in total. The third-order valence-electron chi connectivity index (χ3n) is 4.84. The Labute approximate surface area is 184 Å². The molecule has 9 heteroatoms. The molecular weight excluding hydrogens is 420 g/mol. The topological polar surface area (TPSA) is 82.4 Å². The third kappa shape index (κ3) is 5.22. The Morgan fingerprint density at radius 2 is 1.78 bits per heavy atom. The van der Waals surface area contributed by atoms with E-state index in [0.29, 0.717) is 23.4 Å². The number of benzene rings is 2. The highest BCUT2D eigenvalue weighted by atomic mass is 19.3. The average molecular weight is 445 g/mol. The second-order valence-electron chi connectivity index (χ2n) is 7.42. The van der Waals surface area contributed by atoms with Crippen LogP contribution in [0.1, 0.15) is 43.5 Å². The molecule has 3 aromatic rings. The number of nitrogens with one attached hydrogen (secondary N) is 1. The summed E-state index contributed by atoms with van der Waals surface area (Å²) in [6.45, 7) is 2.58. The number of carbonyl (C=O) groups is 2. The highest BCUT2D eigenvalue weighted by Crippen LogP contribution is 2.23. The van der Waals surface area contributed by atoms with E-state index in [1.165, 1.54) is 6.07 Å². The van der Waals surface area contributed by atoms with E-state index in [2.05, 4.69) is 10.3 Å². The van der Waals surface area contributed by atoms with Crippen LogP contribution in [0, 0.1) is 5.92 Å². The minimum atomic E-state index is -2.84. The lowest BCUT2D eigenvalue weighted by Crippen LogP contribution is -2.45. The average Bonchev–Trinajstić information content (AvgIpc) is 3.15. The predicted molar refractivity (Wildman–Crippen MR) is 114 cm³/mol. The van der Waals surface area contributed by atoms with Gasteiger partial charge >= 0.3 is 12.5 Å². The maximum atomic E-state index is 13.6. The van der Waals surface area contributed by atoms with Crippen molar-refractivity contribution < 1.29 is 27.8 Å². The first kappa shape index (κ1) is 23.2. The molecule has 1 atom stereocenters. The molecule has 3 rings (SSSR count). The summed E-state index contributed by atoms with van der Waals surface area (Å²) in [6, 6.07) is 12.0. The number of fused-ring (bicyclic) bond motifs is 1. The maximum Gasteiger partial charge on any atom is 0.329 e. The van der Waals surface area contributed by atoms with Gasteiger partial charge in [-0.3, -0.25) is 9.36 Å². The van der Waals surface area contributed by atoms with Gasteiger partial charge in [-0.15, -0.1) is 0 Å². The lowest BCUT2D eigenvalue weighted by molar-refractivity contribution is -0.149. The van der Waals surface area contributed by atoms with Crippen LogP contribution in [0.4, 0.5) is 8.78 Å². The van der Waals surface area contributed by atoms with Crippen LogP contribution >= 0.6 is 0 Å². The molecule has 0 radical (unpaired) electrons. The van der Waals surface area contributed by atoms with Crippen molar-refractivity contribution in [1.29, 1.82) is 0 Å². The number of esters is 1. The van der Waals surface area contributed by atoms with Crippen molar-refractivity contribution in [3.05, 3.63) is 59.9 Å². The number of hydrogen-bond acceptors (Lipinski definition) is 5. The van der Waals surface area contributed by atoms with Crippen molar-refractivity contribution in [2.24, 2.45) is 5.92 Å². The third-order valence-corrected chi connectivity index (χ3v) is 4.84. The second kappa shape index (κ2) is 10.2. The van der Waals surface area contributed by atoms with Crippen molar-refractivity contribution in [3.8, 4) is 5.75 Å². The van der Waals surface area contributed by atoms with Crippen LogP contribution in [-0.4, -0.2) is 34.1 Å². The zero-order valence-corrected chi connectivity index (χ0v) is 18.0. The predicted octanol–water partition coefficient (Wildman–Crippen LogP) is 4.33. The molecule has 0 saturated carbocycles.